The topological polar surface area (TPSA) is 66.4 Å². The van der Waals surface area contributed by atoms with Crippen LogP contribution in [0.25, 0.3) is 0 Å². The average Bonchev–Trinajstić information content (AvgIpc) is 3.07. The molecule has 1 amide bonds. The second kappa shape index (κ2) is 4.72. The lowest BCUT2D eigenvalue weighted by Crippen LogP contribution is -2.42. The van der Waals surface area contributed by atoms with Gasteiger partial charge >= 0.3 is 5.97 Å². The Hall–Kier alpha value is -1.98. The van der Waals surface area contributed by atoms with Gasteiger partial charge in [-0.05, 0) is 30.9 Å². The highest BCUT2D eigenvalue weighted by atomic mass is 19.1. The lowest BCUT2D eigenvalue weighted by Gasteiger charge is -2.13. The minimum Gasteiger partial charge on any atom is -0.480 e. The van der Waals surface area contributed by atoms with E-state index in [1.807, 2.05) is 0 Å². The van der Waals surface area contributed by atoms with Crippen molar-refractivity contribution in [2.75, 3.05) is 0 Å². The number of halogens is 2. The molecule has 1 aliphatic rings. The van der Waals surface area contributed by atoms with Gasteiger partial charge < -0.3 is 10.4 Å². The monoisotopic (exact) mass is 255 g/mol. The quantitative estimate of drug-likeness (QED) is 0.858. The Morgan fingerprint density at radius 2 is 1.78 bits per heavy atom. The molecule has 96 valence electrons. The number of carbonyl (C=O) groups excluding carboxylic acids is 1. The second-order valence-corrected chi connectivity index (χ2v) is 4.28. The molecule has 0 heterocycles. The smallest absolute Gasteiger partial charge is 0.326 e. The molecule has 4 nitrogen and oxygen atoms in total. The standard InChI is InChI=1S/C12H11F2NO3/c13-8-3-7(4-9(14)5-8)11(16)15-10(12(17)18)6-1-2-6/h3-6,10H,1-2H2,(H,15,16)(H,17,18). The van der Waals surface area contributed by atoms with E-state index in [4.69, 9.17) is 5.11 Å². The second-order valence-electron chi connectivity index (χ2n) is 4.28. The minimum absolute atomic E-state index is 0.0927. The number of rotatable bonds is 4. The van der Waals surface area contributed by atoms with Crippen LogP contribution < -0.4 is 5.32 Å². The number of carboxylic acid groups (broad SMARTS) is 1. The summed E-state index contributed by atoms with van der Waals surface area (Å²) in [5.74, 6) is -3.77. The van der Waals surface area contributed by atoms with Crippen LogP contribution in [0, 0.1) is 17.6 Å². The molecule has 2 N–H and O–H groups in total. The van der Waals surface area contributed by atoms with E-state index in [0.29, 0.717) is 6.07 Å². The molecular weight excluding hydrogens is 244 g/mol. The van der Waals surface area contributed by atoms with E-state index in [9.17, 15) is 18.4 Å². The maximum atomic E-state index is 12.9. The molecular formula is C12H11F2NO3. The molecule has 1 fully saturated rings. The van der Waals surface area contributed by atoms with Gasteiger partial charge in [-0.2, -0.15) is 0 Å². The summed E-state index contributed by atoms with van der Waals surface area (Å²) in [5, 5.41) is 11.2. The molecule has 0 saturated heterocycles. The number of hydrogen-bond donors (Lipinski definition) is 2. The summed E-state index contributed by atoms with van der Waals surface area (Å²) in [6.45, 7) is 0. The molecule has 1 aromatic carbocycles. The Morgan fingerprint density at radius 3 is 2.22 bits per heavy atom. The highest BCUT2D eigenvalue weighted by molar-refractivity contribution is 5.96. The van der Waals surface area contributed by atoms with Crippen LogP contribution in [0.3, 0.4) is 0 Å². The molecule has 0 radical (unpaired) electrons. The number of nitrogens with one attached hydrogen (secondary N) is 1. The Bertz CT molecular complexity index is 480. The van der Waals surface area contributed by atoms with E-state index in [2.05, 4.69) is 5.32 Å². The SMILES string of the molecule is O=C(NC(C(=O)O)C1CC1)c1cc(F)cc(F)c1. The highest BCUT2D eigenvalue weighted by Gasteiger charge is 2.37. The number of amides is 1. The van der Waals surface area contributed by atoms with Gasteiger partial charge in [-0.25, -0.2) is 13.6 Å². The molecule has 1 aliphatic carbocycles. The first kappa shape index (κ1) is 12.5. The van der Waals surface area contributed by atoms with Gasteiger partial charge in [0.15, 0.2) is 0 Å². The highest BCUT2D eigenvalue weighted by Crippen LogP contribution is 2.32. The van der Waals surface area contributed by atoms with E-state index in [-0.39, 0.29) is 11.5 Å². The van der Waals surface area contributed by atoms with E-state index in [0.717, 1.165) is 25.0 Å². The molecule has 1 unspecified atom stereocenters. The molecule has 0 aromatic heterocycles. The first-order chi connectivity index (χ1) is 8.47. The van der Waals surface area contributed by atoms with Gasteiger partial charge in [0.1, 0.15) is 17.7 Å². The summed E-state index contributed by atoms with van der Waals surface area (Å²) in [7, 11) is 0. The van der Waals surface area contributed by atoms with Crippen LogP contribution in [0.15, 0.2) is 18.2 Å². The summed E-state index contributed by atoms with van der Waals surface area (Å²) in [5.41, 5.74) is -0.223. The van der Waals surface area contributed by atoms with Crippen LogP contribution in [0.4, 0.5) is 8.78 Å². The fraction of sp³-hybridized carbons (Fsp3) is 0.333. The number of benzene rings is 1. The van der Waals surface area contributed by atoms with Gasteiger partial charge in [0, 0.05) is 11.6 Å². The van der Waals surface area contributed by atoms with Crippen LogP contribution in [-0.4, -0.2) is 23.0 Å². The molecule has 0 bridgehead atoms. The number of carbonyl (C=O) groups is 2. The molecule has 0 spiro atoms. The van der Waals surface area contributed by atoms with Gasteiger partial charge in [-0.15, -0.1) is 0 Å². The summed E-state index contributed by atoms with van der Waals surface area (Å²) < 4.78 is 25.8. The summed E-state index contributed by atoms with van der Waals surface area (Å²) in [4.78, 5) is 22.6. The lowest BCUT2D eigenvalue weighted by molar-refractivity contribution is -0.139. The van der Waals surface area contributed by atoms with Gasteiger partial charge in [-0.1, -0.05) is 0 Å². The van der Waals surface area contributed by atoms with Crippen molar-refractivity contribution in [2.45, 2.75) is 18.9 Å². The maximum Gasteiger partial charge on any atom is 0.326 e. The Labute approximate surface area is 102 Å². The normalized spacial score (nSPS) is 16.1. The first-order valence-corrected chi connectivity index (χ1v) is 5.47. The van der Waals surface area contributed by atoms with Crippen LogP contribution in [0.1, 0.15) is 23.2 Å². The van der Waals surface area contributed by atoms with Gasteiger partial charge in [0.05, 0.1) is 0 Å². The van der Waals surface area contributed by atoms with Crippen molar-refractivity contribution in [1.82, 2.24) is 5.32 Å². The molecule has 1 saturated carbocycles. The Balaban J connectivity index is 2.13. The van der Waals surface area contributed by atoms with Crippen molar-refractivity contribution in [1.29, 1.82) is 0 Å². The fourth-order valence-corrected chi connectivity index (χ4v) is 1.72. The molecule has 18 heavy (non-hydrogen) atoms. The minimum atomic E-state index is -1.14. The predicted octanol–water partition coefficient (Wildman–Crippen LogP) is 1.56. The van der Waals surface area contributed by atoms with Crippen molar-refractivity contribution in [3.05, 3.63) is 35.4 Å². The third-order valence-corrected chi connectivity index (χ3v) is 2.77. The van der Waals surface area contributed by atoms with Gasteiger partial charge in [0.25, 0.3) is 5.91 Å². The number of carboxylic acids is 1. The van der Waals surface area contributed by atoms with Crippen LogP contribution in [0.5, 0.6) is 0 Å². The zero-order valence-corrected chi connectivity index (χ0v) is 9.32. The molecule has 1 atom stereocenters. The predicted molar refractivity (Wildman–Crippen MR) is 58.0 cm³/mol. The first-order valence-electron chi connectivity index (χ1n) is 5.47. The zero-order valence-electron chi connectivity index (χ0n) is 9.32. The Kier molecular flexibility index (Phi) is 3.27. The van der Waals surface area contributed by atoms with Crippen molar-refractivity contribution in [3.63, 3.8) is 0 Å². The average molecular weight is 255 g/mol. The van der Waals surface area contributed by atoms with Crippen LogP contribution in [-0.2, 0) is 4.79 Å². The summed E-state index contributed by atoms with van der Waals surface area (Å²) >= 11 is 0. The van der Waals surface area contributed by atoms with Crippen molar-refractivity contribution in [2.24, 2.45) is 5.92 Å². The van der Waals surface area contributed by atoms with E-state index < -0.39 is 29.6 Å². The maximum absolute atomic E-state index is 12.9. The van der Waals surface area contributed by atoms with Crippen LogP contribution in [0.2, 0.25) is 0 Å². The van der Waals surface area contributed by atoms with Crippen molar-refractivity contribution >= 4 is 11.9 Å². The summed E-state index contributed by atoms with van der Waals surface area (Å²) in [6, 6.07) is 1.38. The number of hydrogen-bond acceptors (Lipinski definition) is 2. The van der Waals surface area contributed by atoms with Crippen molar-refractivity contribution in [3.8, 4) is 0 Å². The van der Waals surface area contributed by atoms with E-state index in [1.165, 1.54) is 0 Å². The zero-order chi connectivity index (χ0) is 13.3. The number of aliphatic carboxylic acids is 1. The fourth-order valence-electron chi connectivity index (χ4n) is 1.72. The molecule has 6 heteroatoms. The largest absolute Gasteiger partial charge is 0.480 e. The third kappa shape index (κ3) is 2.82. The van der Waals surface area contributed by atoms with Crippen molar-refractivity contribution < 1.29 is 23.5 Å². The molecule has 2 rings (SSSR count). The van der Waals surface area contributed by atoms with Crippen LogP contribution >= 0.6 is 0 Å². The molecule has 1 aromatic rings. The Morgan fingerprint density at radius 1 is 1.22 bits per heavy atom. The molecule has 0 aliphatic heterocycles. The lowest BCUT2D eigenvalue weighted by atomic mass is 10.1. The van der Waals surface area contributed by atoms with E-state index in [1.54, 1.807) is 0 Å². The van der Waals surface area contributed by atoms with Gasteiger partial charge in [-0.3, -0.25) is 4.79 Å². The van der Waals surface area contributed by atoms with E-state index >= 15 is 0 Å². The third-order valence-electron chi connectivity index (χ3n) is 2.77. The summed E-state index contributed by atoms with van der Waals surface area (Å²) in [6.07, 6.45) is 1.46. The van der Waals surface area contributed by atoms with Gasteiger partial charge in [0.2, 0.25) is 0 Å².